The lowest BCUT2D eigenvalue weighted by Crippen LogP contribution is -2.38. The van der Waals surface area contributed by atoms with E-state index in [9.17, 15) is 8.42 Å². The van der Waals surface area contributed by atoms with E-state index in [1.54, 1.807) is 35.4 Å². The molecule has 0 fully saturated rings. The van der Waals surface area contributed by atoms with Crippen molar-refractivity contribution in [3.05, 3.63) is 36.4 Å². The zero-order valence-corrected chi connectivity index (χ0v) is 12.9. The van der Waals surface area contributed by atoms with Crippen LogP contribution in [0.5, 0.6) is 0 Å². The molecule has 118 valence electrons. The van der Waals surface area contributed by atoms with Crippen LogP contribution in [0.25, 0.3) is 11.4 Å². The van der Waals surface area contributed by atoms with E-state index in [2.05, 4.69) is 19.2 Å². The molecule has 22 heavy (non-hydrogen) atoms. The molecular formula is C13H17N4O4S+. The van der Waals surface area contributed by atoms with Gasteiger partial charge in [0.15, 0.2) is 18.6 Å². The third kappa shape index (κ3) is 4.52. The van der Waals surface area contributed by atoms with Gasteiger partial charge in [-0.3, -0.25) is 4.18 Å². The predicted octanol–water partition coefficient (Wildman–Crippen LogP) is -0.315. The minimum atomic E-state index is -3.43. The molecule has 9 heteroatoms. The van der Waals surface area contributed by atoms with Crippen molar-refractivity contribution in [2.45, 2.75) is 19.6 Å². The first-order chi connectivity index (χ1) is 10.5. The smallest absolute Gasteiger partial charge is 0.267 e. The Morgan fingerprint density at radius 3 is 2.82 bits per heavy atom. The topological polar surface area (TPSA) is 106 Å². The number of aliphatic hydroxyl groups excluding tert-OH is 1. The van der Waals surface area contributed by atoms with Crippen molar-refractivity contribution in [3.63, 3.8) is 0 Å². The number of aliphatic hydroxyl groups is 1. The van der Waals surface area contributed by atoms with Gasteiger partial charge in [-0.05, 0) is 11.2 Å². The van der Waals surface area contributed by atoms with Crippen molar-refractivity contribution < 1.29 is 22.4 Å². The van der Waals surface area contributed by atoms with Crippen LogP contribution in [0.3, 0.4) is 0 Å². The summed E-state index contributed by atoms with van der Waals surface area (Å²) in [6, 6.07) is 3.42. The minimum Gasteiger partial charge on any atom is -0.390 e. The first-order valence-electron chi connectivity index (χ1n) is 6.61. The summed E-state index contributed by atoms with van der Waals surface area (Å²) in [5, 5.41) is 13.3. The highest BCUT2D eigenvalue weighted by atomic mass is 32.2. The summed E-state index contributed by atoms with van der Waals surface area (Å²) in [4.78, 5) is 8.32. The maximum Gasteiger partial charge on any atom is 0.267 e. The van der Waals surface area contributed by atoms with Gasteiger partial charge in [0.25, 0.3) is 10.1 Å². The summed E-state index contributed by atoms with van der Waals surface area (Å²) in [5.41, 5.74) is 1.25. The molecule has 2 rings (SSSR count). The van der Waals surface area contributed by atoms with Gasteiger partial charge in [0.05, 0.1) is 25.2 Å². The molecule has 0 radical (unpaired) electrons. The fraction of sp³-hybridized carbons (Fsp3) is 0.385. The Labute approximate surface area is 128 Å². The second-order valence-electron chi connectivity index (χ2n) is 4.49. The summed E-state index contributed by atoms with van der Waals surface area (Å²) >= 11 is 0. The maximum absolute atomic E-state index is 11.2. The lowest BCUT2D eigenvalue weighted by molar-refractivity contribution is -0.753. The quantitative estimate of drug-likeness (QED) is 0.549. The zero-order valence-electron chi connectivity index (χ0n) is 12.1. The SMILES string of the molecule is COS(=O)(=O)CCC[n+]1ccc(-c2nccc(CO)n2)cn1. The molecule has 0 amide bonds. The fourth-order valence-corrected chi connectivity index (χ4v) is 2.41. The molecule has 2 aromatic heterocycles. The molecule has 8 nitrogen and oxygen atoms in total. The van der Waals surface area contributed by atoms with Crippen LogP contribution in [0.15, 0.2) is 30.7 Å². The molecule has 0 aliphatic carbocycles. The normalized spacial score (nSPS) is 11.5. The molecule has 0 unspecified atom stereocenters. The van der Waals surface area contributed by atoms with Crippen LogP contribution in [0, 0.1) is 0 Å². The van der Waals surface area contributed by atoms with Gasteiger partial charge in [-0.25, -0.2) is 9.97 Å². The van der Waals surface area contributed by atoms with Crippen molar-refractivity contribution >= 4 is 10.1 Å². The molecule has 0 aliphatic rings. The van der Waals surface area contributed by atoms with E-state index >= 15 is 0 Å². The van der Waals surface area contributed by atoms with E-state index in [0.29, 0.717) is 24.5 Å². The van der Waals surface area contributed by atoms with Crippen molar-refractivity contribution in [2.24, 2.45) is 0 Å². The average molecular weight is 325 g/mol. The highest BCUT2D eigenvalue weighted by Gasteiger charge is 2.12. The molecule has 2 heterocycles. The van der Waals surface area contributed by atoms with Crippen molar-refractivity contribution in [2.75, 3.05) is 12.9 Å². The summed E-state index contributed by atoms with van der Waals surface area (Å²) in [5.74, 6) is 0.426. The molecule has 0 saturated carbocycles. The molecule has 1 N–H and O–H groups in total. The molecular weight excluding hydrogens is 308 g/mol. The maximum atomic E-state index is 11.2. The monoisotopic (exact) mass is 325 g/mol. The Kier molecular flexibility index (Phi) is 5.47. The Morgan fingerprint density at radius 1 is 1.36 bits per heavy atom. The van der Waals surface area contributed by atoms with E-state index < -0.39 is 10.1 Å². The third-order valence-corrected chi connectivity index (χ3v) is 4.24. The van der Waals surface area contributed by atoms with Gasteiger partial charge in [-0.1, -0.05) is 4.68 Å². The van der Waals surface area contributed by atoms with Crippen molar-refractivity contribution in [1.82, 2.24) is 15.1 Å². The highest BCUT2D eigenvalue weighted by Crippen LogP contribution is 2.11. The van der Waals surface area contributed by atoms with Crippen LogP contribution < -0.4 is 4.68 Å². The largest absolute Gasteiger partial charge is 0.390 e. The molecule has 0 atom stereocenters. The molecule has 0 spiro atoms. The van der Waals surface area contributed by atoms with Crippen LogP contribution >= 0.6 is 0 Å². The van der Waals surface area contributed by atoms with Crippen LogP contribution in [-0.4, -0.2) is 41.5 Å². The number of aromatic nitrogens is 4. The number of aryl methyl sites for hydroxylation is 1. The fourth-order valence-electron chi connectivity index (χ4n) is 1.76. The lowest BCUT2D eigenvalue weighted by atomic mass is 10.3. The van der Waals surface area contributed by atoms with Gasteiger partial charge in [-0.15, -0.1) is 0 Å². The Morgan fingerprint density at radius 2 is 2.18 bits per heavy atom. The van der Waals surface area contributed by atoms with E-state index in [-0.39, 0.29) is 12.4 Å². The Bertz CT molecular complexity index is 719. The second kappa shape index (κ2) is 7.34. The number of hydrogen-bond donors (Lipinski definition) is 1. The Balaban J connectivity index is 2.01. The van der Waals surface area contributed by atoms with Crippen molar-refractivity contribution in [1.29, 1.82) is 0 Å². The van der Waals surface area contributed by atoms with E-state index in [1.165, 1.54) is 0 Å². The van der Waals surface area contributed by atoms with Crippen LogP contribution in [-0.2, 0) is 27.5 Å². The Hall–Kier alpha value is -1.97. The highest BCUT2D eigenvalue weighted by molar-refractivity contribution is 7.86. The van der Waals surface area contributed by atoms with Crippen LogP contribution in [0.1, 0.15) is 12.1 Å². The molecule has 0 aromatic carbocycles. The van der Waals surface area contributed by atoms with E-state index in [1.807, 2.05) is 0 Å². The van der Waals surface area contributed by atoms with Crippen LogP contribution in [0.4, 0.5) is 0 Å². The summed E-state index contributed by atoms with van der Waals surface area (Å²) < 4.78 is 28.4. The number of hydrogen-bond acceptors (Lipinski definition) is 7. The number of nitrogens with zero attached hydrogens (tertiary/aromatic N) is 4. The minimum absolute atomic E-state index is 0.0540. The van der Waals surface area contributed by atoms with Gasteiger partial charge in [0.1, 0.15) is 6.20 Å². The standard InChI is InChI=1S/C13H17N4O4S/c1-21-22(19,20)8-2-6-17-7-4-11(9-15-17)13-14-5-3-12(10-18)16-13/h3-5,7,9,18H,2,6,8,10H2,1H3/q+1. The number of rotatable bonds is 7. The van der Waals surface area contributed by atoms with Crippen LogP contribution in [0.2, 0.25) is 0 Å². The van der Waals surface area contributed by atoms with Gasteiger partial charge in [-0.2, -0.15) is 8.42 Å². The van der Waals surface area contributed by atoms with E-state index in [4.69, 9.17) is 5.11 Å². The second-order valence-corrected chi connectivity index (χ2v) is 6.35. The van der Waals surface area contributed by atoms with Gasteiger partial charge >= 0.3 is 0 Å². The summed E-state index contributed by atoms with van der Waals surface area (Å²) in [6.07, 6.45) is 5.30. The average Bonchev–Trinajstić information content (AvgIpc) is 2.55. The molecule has 0 aliphatic heterocycles. The van der Waals surface area contributed by atoms with Crippen molar-refractivity contribution in [3.8, 4) is 11.4 Å². The van der Waals surface area contributed by atoms with E-state index in [0.717, 1.165) is 12.7 Å². The lowest BCUT2D eigenvalue weighted by Gasteiger charge is -2.01. The predicted molar refractivity (Wildman–Crippen MR) is 76.8 cm³/mol. The third-order valence-electron chi connectivity index (χ3n) is 2.94. The van der Waals surface area contributed by atoms with Gasteiger partial charge in [0, 0.05) is 24.2 Å². The molecule has 2 aromatic rings. The first-order valence-corrected chi connectivity index (χ1v) is 8.19. The summed E-state index contributed by atoms with van der Waals surface area (Å²) in [7, 11) is -2.28. The summed E-state index contributed by atoms with van der Waals surface area (Å²) in [6.45, 7) is 0.310. The van der Waals surface area contributed by atoms with Gasteiger partial charge in [0.2, 0.25) is 0 Å². The molecule has 0 bridgehead atoms. The van der Waals surface area contributed by atoms with Gasteiger partial charge < -0.3 is 5.11 Å². The molecule has 0 saturated heterocycles. The first kappa shape index (κ1) is 16.4. The zero-order chi connectivity index (χ0) is 16.0.